The van der Waals surface area contributed by atoms with E-state index in [1.807, 2.05) is 54.6 Å². The summed E-state index contributed by atoms with van der Waals surface area (Å²) in [6.45, 7) is 3.65. The van der Waals surface area contributed by atoms with Crippen LogP contribution in [0.3, 0.4) is 0 Å². The van der Waals surface area contributed by atoms with Crippen LogP contribution in [-0.4, -0.2) is 53.5 Å². The van der Waals surface area contributed by atoms with Crippen molar-refractivity contribution >= 4 is 23.4 Å². The van der Waals surface area contributed by atoms with Gasteiger partial charge in [0.2, 0.25) is 0 Å². The lowest BCUT2D eigenvalue weighted by molar-refractivity contribution is -0.145. The Balaban J connectivity index is 1.18. The number of likely N-dealkylation sites (tertiary alicyclic amines) is 1. The summed E-state index contributed by atoms with van der Waals surface area (Å²) in [5, 5.41) is 10.9. The summed E-state index contributed by atoms with van der Waals surface area (Å²) in [5.74, 6) is 0.591. The Morgan fingerprint density at radius 3 is 2.42 bits per heavy atom. The Morgan fingerprint density at radius 1 is 0.944 bits per heavy atom. The monoisotopic (exact) mass is 509 g/mol. The zero-order chi connectivity index (χ0) is 25.2. The predicted octanol–water partition coefficient (Wildman–Crippen LogP) is 4.78. The molecule has 2 heterocycles. The Bertz CT molecular complexity index is 1110. The first-order chi connectivity index (χ1) is 17.6. The fraction of sp³-hybridized carbons (Fsp3) is 0.407. The van der Waals surface area contributed by atoms with E-state index in [4.69, 9.17) is 14.2 Å². The zero-order valence-electron chi connectivity index (χ0n) is 20.4. The van der Waals surface area contributed by atoms with Crippen molar-refractivity contribution < 1.29 is 23.8 Å². The van der Waals surface area contributed by atoms with Crippen molar-refractivity contribution in [1.82, 2.24) is 15.1 Å². The first-order valence-electron chi connectivity index (χ1n) is 12.3. The third kappa shape index (κ3) is 7.52. The minimum atomic E-state index is -0.373. The van der Waals surface area contributed by atoms with Gasteiger partial charge in [-0.15, -0.1) is 21.5 Å². The van der Waals surface area contributed by atoms with E-state index in [-0.39, 0.29) is 18.7 Å². The maximum atomic E-state index is 12.4. The Labute approximate surface area is 215 Å². The molecule has 2 aromatic carbocycles. The van der Waals surface area contributed by atoms with Crippen LogP contribution in [0.25, 0.3) is 0 Å². The van der Waals surface area contributed by atoms with E-state index < -0.39 is 0 Å². The van der Waals surface area contributed by atoms with Crippen LogP contribution in [0.15, 0.2) is 54.6 Å². The van der Waals surface area contributed by atoms with Crippen molar-refractivity contribution in [3.05, 3.63) is 75.7 Å². The summed E-state index contributed by atoms with van der Waals surface area (Å²) < 4.78 is 15.8. The number of amides is 1. The molecule has 0 unspecified atom stereocenters. The number of esters is 1. The number of ether oxygens (including phenoxy) is 3. The summed E-state index contributed by atoms with van der Waals surface area (Å²) >= 11 is 1.66. The van der Waals surface area contributed by atoms with Gasteiger partial charge in [-0.2, -0.15) is 0 Å². The molecule has 0 atom stereocenters. The molecule has 9 heteroatoms. The number of nitrogens with zero attached hydrogens (tertiary/aromatic N) is 3. The molecule has 1 fully saturated rings. The molecule has 190 valence electrons. The van der Waals surface area contributed by atoms with Crippen molar-refractivity contribution in [2.75, 3.05) is 26.3 Å². The van der Waals surface area contributed by atoms with Gasteiger partial charge < -0.3 is 19.1 Å². The van der Waals surface area contributed by atoms with Gasteiger partial charge in [0.25, 0.3) is 0 Å². The van der Waals surface area contributed by atoms with E-state index in [2.05, 4.69) is 10.2 Å². The fourth-order valence-electron chi connectivity index (χ4n) is 4.00. The number of benzene rings is 2. The normalized spacial score (nSPS) is 13.9. The van der Waals surface area contributed by atoms with Gasteiger partial charge in [-0.1, -0.05) is 42.5 Å². The number of hydrogen-bond donors (Lipinski definition) is 0. The van der Waals surface area contributed by atoms with Crippen molar-refractivity contribution in [2.24, 2.45) is 0 Å². The fourth-order valence-corrected chi connectivity index (χ4v) is 5.01. The average Bonchev–Trinajstić information content (AvgIpc) is 3.40. The molecule has 36 heavy (non-hydrogen) atoms. The minimum absolute atomic E-state index is 0.0887. The Hall–Kier alpha value is -3.46. The summed E-state index contributed by atoms with van der Waals surface area (Å²) in [6.07, 6.45) is 3.13. The molecule has 0 radical (unpaired) electrons. The number of carbonyl (C=O) groups excluding carboxylic acids is 2. The molecule has 0 aliphatic carbocycles. The average molecular weight is 510 g/mol. The van der Waals surface area contributed by atoms with Crippen LogP contribution in [0.1, 0.15) is 46.8 Å². The first kappa shape index (κ1) is 25.6. The lowest BCUT2D eigenvalue weighted by atomic mass is 9.98. The summed E-state index contributed by atoms with van der Waals surface area (Å²) in [4.78, 5) is 25.6. The van der Waals surface area contributed by atoms with E-state index in [1.54, 1.807) is 23.2 Å². The van der Waals surface area contributed by atoms with Crippen LogP contribution in [0.2, 0.25) is 0 Å². The molecule has 1 aromatic heterocycles. The van der Waals surface area contributed by atoms with Gasteiger partial charge in [-0.25, -0.2) is 9.59 Å². The third-order valence-electron chi connectivity index (χ3n) is 6.00. The second-order valence-electron chi connectivity index (χ2n) is 8.57. The molecule has 1 amide bonds. The number of carbonyl (C=O) groups is 2. The molecular formula is C27H31N3O5S. The molecule has 0 bridgehead atoms. The van der Waals surface area contributed by atoms with Crippen LogP contribution >= 0.6 is 11.3 Å². The molecule has 1 aliphatic heterocycles. The first-order valence-corrected chi connectivity index (χ1v) is 13.1. The van der Waals surface area contributed by atoms with Crippen LogP contribution in [0.5, 0.6) is 5.75 Å². The second-order valence-corrected chi connectivity index (χ2v) is 9.67. The molecule has 3 aromatic rings. The van der Waals surface area contributed by atoms with E-state index in [1.165, 1.54) is 0 Å². The number of rotatable bonds is 10. The van der Waals surface area contributed by atoms with Gasteiger partial charge in [-0.3, -0.25) is 0 Å². The molecule has 0 spiro atoms. The SMILES string of the molecule is CCOC(=O)COc1ccc(CCc2nnc(C3CCN(C(=O)OCc4ccccc4)CC3)s2)cc1. The van der Waals surface area contributed by atoms with Gasteiger partial charge in [0.05, 0.1) is 6.61 Å². The molecule has 0 N–H and O–H groups in total. The second kappa shape index (κ2) is 13.0. The largest absolute Gasteiger partial charge is 0.482 e. The Kier molecular flexibility index (Phi) is 9.27. The molecular weight excluding hydrogens is 478 g/mol. The summed E-state index contributed by atoms with van der Waals surface area (Å²) in [6, 6.07) is 17.4. The lowest BCUT2D eigenvalue weighted by Gasteiger charge is -2.30. The maximum absolute atomic E-state index is 12.4. The van der Waals surface area contributed by atoms with Gasteiger partial charge in [-0.05, 0) is 49.4 Å². The molecule has 1 saturated heterocycles. The van der Waals surface area contributed by atoms with Crippen molar-refractivity contribution in [3.63, 3.8) is 0 Å². The smallest absolute Gasteiger partial charge is 0.410 e. The number of aromatic nitrogens is 2. The molecule has 8 nitrogen and oxygen atoms in total. The topological polar surface area (TPSA) is 90.9 Å². The van der Waals surface area contributed by atoms with Crippen molar-refractivity contribution in [1.29, 1.82) is 0 Å². The highest BCUT2D eigenvalue weighted by Gasteiger charge is 2.27. The van der Waals surface area contributed by atoms with Gasteiger partial charge in [0.1, 0.15) is 22.4 Å². The molecule has 1 aliphatic rings. The summed E-state index contributed by atoms with van der Waals surface area (Å²) in [7, 11) is 0. The Morgan fingerprint density at radius 2 is 1.69 bits per heavy atom. The maximum Gasteiger partial charge on any atom is 0.410 e. The third-order valence-corrected chi connectivity index (χ3v) is 7.15. The van der Waals surface area contributed by atoms with E-state index >= 15 is 0 Å². The van der Waals surface area contributed by atoms with Crippen molar-refractivity contribution in [3.8, 4) is 5.75 Å². The molecule has 4 rings (SSSR count). The number of aryl methyl sites for hydroxylation is 2. The van der Waals surface area contributed by atoms with E-state index in [9.17, 15) is 9.59 Å². The standard InChI is InChI=1S/C27H31N3O5S/c1-2-33-25(31)19-34-23-11-8-20(9-12-23)10-13-24-28-29-26(36-24)22-14-16-30(17-15-22)27(32)35-18-21-6-4-3-5-7-21/h3-9,11-12,22H,2,10,13-19H2,1H3. The quantitative estimate of drug-likeness (QED) is 0.363. The van der Waals surface area contributed by atoms with E-state index in [0.717, 1.165) is 46.8 Å². The highest BCUT2D eigenvalue weighted by Crippen LogP contribution is 2.31. The lowest BCUT2D eigenvalue weighted by Crippen LogP contribution is -2.38. The highest BCUT2D eigenvalue weighted by molar-refractivity contribution is 7.11. The minimum Gasteiger partial charge on any atom is -0.482 e. The van der Waals surface area contributed by atoms with Gasteiger partial charge in [0, 0.05) is 25.4 Å². The predicted molar refractivity (Wildman–Crippen MR) is 136 cm³/mol. The zero-order valence-corrected chi connectivity index (χ0v) is 21.2. The number of hydrogen-bond acceptors (Lipinski definition) is 8. The van der Waals surface area contributed by atoms with Crippen LogP contribution in [0, 0.1) is 0 Å². The molecule has 0 saturated carbocycles. The summed E-state index contributed by atoms with van der Waals surface area (Å²) in [5.41, 5.74) is 2.15. The van der Waals surface area contributed by atoms with Crippen molar-refractivity contribution in [2.45, 2.75) is 45.1 Å². The van der Waals surface area contributed by atoms with Gasteiger partial charge in [0.15, 0.2) is 6.61 Å². The van der Waals surface area contributed by atoms with Crippen LogP contribution in [0.4, 0.5) is 4.79 Å². The van der Waals surface area contributed by atoms with Crippen LogP contribution in [-0.2, 0) is 33.7 Å². The van der Waals surface area contributed by atoms with E-state index in [0.29, 0.717) is 38.0 Å². The number of piperidine rings is 1. The van der Waals surface area contributed by atoms with Crippen LogP contribution < -0.4 is 4.74 Å². The highest BCUT2D eigenvalue weighted by atomic mass is 32.1. The van der Waals surface area contributed by atoms with Gasteiger partial charge >= 0.3 is 12.1 Å².